The average molecular weight is 250 g/mol. The van der Waals surface area contributed by atoms with Gasteiger partial charge in [0.1, 0.15) is 5.75 Å². The number of aromatic hydroxyl groups is 1. The summed E-state index contributed by atoms with van der Waals surface area (Å²) in [5, 5.41) is 15.8. The van der Waals surface area contributed by atoms with Crippen LogP contribution in [-0.2, 0) is 11.3 Å². The summed E-state index contributed by atoms with van der Waals surface area (Å²) in [6.07, 6.45) is 0.449. The fourth-order valence-electron chi connectivity index (χ4n) is 1.68. The van der Waals surface area contributed by atoms with Crippen molar-refractivity contribution in [2.75, 3.05) is 6.54 Å². The zero-order chi connectivity index (χ0) is 13.5. The Hall–Kier alpha value is -1.55. The maximum absolute atomic E-state index is 11.4. The van der Waals surface area contributed by atoms with Crippen molar-refractivity contribution in [3.63, 3.8) is 0 Å². The van der Waals surface area contributed by atoms with Gasteiger partial charge in [-0.05, 0) is 26.3 Å². The molecule has 0 unspecified atom stereocenters. The van der Waals surface area contributed by atoms with E-state index in [0.29, 0.717) is 25.3 Å². The molecule has 0 fully saturated rings. The van der Waals surface area contributed by atoms with Gasteiger partial charge in [0.05, 0.1) is 0 Å². The van der Waals surface area contributed by atoms with Crippen LogP contribution in [0, 0.1) is 6.92 Å². The third-order valence-corrected chi connectivity index (χ3v) is 2.62. The van der Waals surface area contributed by atoms with Gasteiger partial charge >= 0.3 is 0 Å². The maximum atomic E-state index is 11.4. The number of carbonyl (C=O) groups excluding carboxylic acids is 1. The molecule has 0 aliphatic heterocycles. The summed E-state index contributed by atoms with van der Waals surface area (Å²) < 4.78 is 0. The van der Waals surface area contributed by atoms with Crippen molar-refractivity contribution in [1.82, 2.24) is 10.6 Å². The van der Waals surface area contributed by atoms with Crippen LogP contribution in [0.3, 0.4) is 0 Å². The summed E-state index contributed by atoms with van der Waals surface area (Å²) in [7, 11) is 0. The van der Waals surface area contributed by atoms with Crippen LogP contribution in [0.5, 0.6) is 5.75 Å². The molecule has 0 atom stereocenters. The lowest BCUT2D eigenvalue weighted by atomic mass is 10.1. The van der Waals surface area contributed by atoms with Crippen LogP contribution in [0.4, 0.5) is 0 Å². The molecule has 1 rings (SSSR count). The van der Waals surface area contributed by atoms with E-state index in [1.165, 1.54) is 0 Å². The molecule has 1 amide bonds. The lowest BCUT2D eigenvalue weighted by Crippen LogP contribution is -2.32. The van der Waals surface area contributed by atoms with Gasteiger partial charge in [-0.2, -0.15) is 0 Å². The molecule has 0 spiro atoms. The number of phenols is 1. The minimum Gasteiger partial charge on any atom is -0.507 e. The van der Waals surface area contributed by atoms with Gasteiger partial charge in [-0.1, -0.05) is 18.2 Å². The van der Waals surface area contributed by atoms with Crippen LogP contribution in [-0.4, -0.2) is 23.6 Å². The first-order chi connectivity index (χ1) is 8.50. The molecule has 0 aliphatic carbocycles. The van der Waals surface area contributed by atoms with Crippen LogP contribution in [0.15, 0.2) is 18.2 Å². The molecule has 4 heteroatoms. The Morgan fingerprint density at radius 3 is 2.78 bits per heavy atom. The summed E-state index contributed by atoms with van der Waals surface area (Å²) in [4.78, 5) is 11.4. The number of rotatable bonds is 6. The Morgan fingerprint density at radius 2 is 2.11 bits per heavy atom. The second-order valence-electron chi connectivity index (χ2n) is 4.73. The monoisotopic (exact) mass is 250 g/mol. The first-order valence-electron chi connectivity index (χ1n) is 6.28. The van der Waals surface area contributed by atoms with Crippen LogP contribution in [0.2, 0.25) is 0 Å². The zero-order valence-corrected chi connectivity index (χ0v) is 11.3. The molecule has 0 aromatic heterocycles. The fraction of sp³-hybridized carbons (Fsp3) is 0.500. The van der Waals surface area contributed by atoms with Crippen molar-refractivity contribution in [3.8, 4) is 5.75 Å². The molecule has 18 heavy (non-hydrogen) atoms. The van der Waals surface area contributed by atoms with Gasteiger partial charge in [0, 0.05) is 31.1 Å². The molecular weight excluding hydrogens is 228 g/mol. The Morgan fingerprint density at radius 1 is 1.39 bits per heavy atom. The van der Waals surface area contributed by atoms with E-state index in [0.717, 1.165) is 11.1 Å². The molecule has 4 nitrogen and oxygen atoms in total. The normalized spacial score (nSPS) is 10.7. The van der Waals surface area contributed by atoms with Crippen molar-refractivity contribution < 1.29 is 9.90 Å². The van der Waals surface area contributed by atoms with E-state index in [-0.39, 0.29) is 11.9 Å². The topological polar surface area (TPSA) is 61.4 Å². The standard InChI is InChI=1S/C14H22N2O2/c1-10(2)16-13(17)7-8-15-9-12-6-4-5-11(3)14(12)18/h4-6,10,15,18H,7-9H2,1-3H3,(H,16,17). The molecular formula is C14H22N2O2. The van der Waals surface area contributed by atoms with Gasteiger partial charge in [-0.25, -0.2) is 0 Å². The highest BCUT2D eigenvalue weighted by Gasteiger charge is 2.05. The smallest absolute Gasteiger partial charge is 0.221 e. The minimum absolute atomic E-state index is 0.0472. The number of phenolic OH excluding ortho intramolecular Hbond substituents is 1. The average Bonchev–Trinajstić information content (AvgIpc) is 2.29. The molecule has 1 aromatic carbocycles. The number of para-hydroxylation sites is 1. The third kappa shape index (κ3) is 4.75. The summed E-state index contributed by atoms with van der Waals surface area (Å²) >= 11 is 0. The van der Waals surface area contributed by atoms with Gasteiger partial charge < -0.3 is 15.7 Å². The predicted octanol–water partition coefficient (Wildman–Crippen LogP) is 1.70. The van der Waals surface area contributed by atoms with E-state index >= 15 is 0 Å². The number of carbonyl (C=O) groups is 1. The van der Waals surface area contributed by atoms with Crippen molar-refractivity contribution in [3.05, 3.63) is 29.3 Å². The van der Waals surface area contributed by atoms with Crippen LogP contribution >= 0.6 is 0 Å². The number of hydrogen-bond donors (Lipinski definition) is 3. The molecule has 0 radical (unpaired) electrons. The Bertz CT molecular complexity index is 403. The van der Waals surface area contributed by atoms with E-state index in [1.807, 2.05) is 39.0 Å². The van der Waals surface area contributed by atoms with E-state index < -0.39 is 0 Å². The Labute approximate surface area is 108 Å². The molecule has 0 heterocycles. The molecule has 100 valence electrons. The van der Waals surface area contributed by atoms with Crippen molar-refractivity contribution >= 4 is 5.91 Å². The van der Waals surface area contributed by atoms with Gasteiger partial charge in [-0.3, -0.25) is 4.79 Å². The quantitative estimate of drug-likeness (QED) is 0.673. The van der Waals surface area contributed by atoms with E-state index in [2.05, 4.69) is 10.6 Å². The lowest BCUT2D eigenvalue weighted by molar-refractivity contribution is -0.121. The summed E-state index contributed by atoms with van der Waals surface area (Å²) in [6, 6.07) is 5.84. The molecule has 0 bridgehead atoms. The third-order valence-electron chi connectivity index (χ3n) is 2.62. The zero-order valence-electron chi connectivity index (χ0n) is 11.3. The highest BCUT2D eigenvalue weighted by atomic mass is 16.3. The van der Waals surface area contributed by atoms with Crippen LogP contribution in [0.1, 0.15) is 31.4 Å². The van der Waals surface area contributed by atoms with Crippen molar-refractivity contribution in [1.29, 1.82) is 0 Å². The number of amides is 1. The molecule has 0 aliphatic rings. The number of hydrogen-bond acceptors (Lipinski definition) is 3. The first kappa shape index (κ1) is 14.5. The van der Waals surface area contributed by atoms with Crippen LogP contribution in [0.25, 0.3) is 0 Å². The highest BCUT2D eigenvalue weighted by Crippen LogP contribution is 2.20. The molecule has 1 aromatic rings. The van der Waals surface area contributed by atoms with Crippen molar-refractivity contribution in [2.45, 2.75) is 39.8 Å². The predicted molar refractivity (Wildman–Crippen MR) is 72.4 cm³/mol. The van der Waals surface area contributed by atoms with E-state index in [1.54, 1.807) is 0 Å². The minimum atomic E-state index is 0.0472. The summed E-state index contributed by atoms with van der Waals surface area (Å²) in [5.41, 5.74) is 1.73. The molecule has 0 saturated heterocycles. The summed E-state index contributed by atoms with van der Waals surface area (Å²) in [6.45, 7) is 6.93. The van der Waals surface area contributed by atoms with E-state index in [9.17, 15) is 9.90 Å². The molecule has 0 saturated carbocycles. The van der Waals surface area contributed by atoms with Crippen LogP contribution < -0.4 is 10.6 Å². The molecule has 3 N–H and O–H groups in total. The summed E-state index contributed by atoms with van der Waals surface area (Å²) in [5.74, 6) is 0.377. The highest BCUT2D eigenvalue weighted by molar-refractivity contribution is 5.76. The van der Waals surface area contributed by atoms with Gasteiger partial charge in [0.15, 0.2) is 0 Å². The van der Waals surface area contributed by atoms with Gasteiger partial charge in [0.2, 0.25) is 5.91 Å². The van der Waals surface area contributed by atoms with E-state index in [4.69, 9.17) is 0 Å². The number of nitrogens with one attached hydrogen (secondary N) is 2. The maximum Gasteiger partial charge on any atom is 0.221 e. The number of aryl methyl sites for hydroxylation is 1. The largest absolute Gasteiger partial charge is 0.507 e. The lowest BCUT2D eigenvalue weighted by Gasteiger charge is -2.10. The second-order valence-corrected chi connectivity index (χ2v) is 4.73. The van der Waals surface area contributed by atoms with Gasteiger partial charge in [0.25, 0.3) is 0 Å². The SMILES string of the molecule is Cc1cccc(CNCCC(=O)NC(C)C)c1O. The van der Waals surface area contributed by atoms with Crippen molar-refractivity contribution in [2.24, 2.45) is 0 Å². The first-order valence-corrected chi connectivity index (χ1v) is 6.28. The Balaban J connectivity index is 2.30. The Kier molecular flexibility index (Phi) is 5.65. The second kappa shape index (κ2) is 7.01. The number of benzene rings is 1. The van der Waals surface area contributed by atoms with Gasteiger partial charge in [-0.15, -0.1) is 0 Å². The fourth-order valence-corrected chi connectivity index (χ4v) is 1.68.